The van der Waals surface area contributed by atoms with Crippen LogP contribution in [0.25, 0.3) is 11.0 Å². The first-order valence-corrected chi connectivity index (χ1v) is 13.4. The summed E-state index contributed by atoms with van der Waals surface area (Å²) in [7, 11) is 1.41. The molecule has 37 heavy (non-hydrogen) atoms. The maximum absolute atomic E-state index is 12.7. The summed E-state index contributed by atoms with van der Waals surface area (Å²) >= 11 is 0. The Labute approximate surface area is 218 Å². The van der Waals surface area contributed by atoms with Gasteiger partial charge in [0.25, 0.3) is 0 Å². The number of hydrogen-bond acceptors (Lipinski definition) is 5. The number of aromatic nitrogens is 2. The molecule has 7 heteroatoms. The first-order chi connectivity index (χ1) is 17.7. The molecule has 2 aromatic carbocycles. The van der Waals surface area contributed by atoms with Gasteiger partial charge in [0.2, 0.25) is 0 Å². The van der Waals surface area contributed by atoms with Gasteiger partial charge in [-0.2, -0.15) is 0 Å². The number of benzene rings is 2. The van der Waals surface area contributed by atoms with Crippen LogP contribution in [0.4, 0.5) is 10.5 Å². The van der Waals surface area contributed by atoms with Crippen LogP contribution in [0.2, 0.25) is 0 Å². The van der Waals surface area contributed by atoms with Crippen molar-refractivity contribution in [2.24, 2.45) is 5.92 Å². The average molecular weight is 504 g/mol. The van der Waals surface area contributed by atoms with Crippen molar-refractivity contribution < 1.29 is 19.4 Å². The molecule has 1 aliphatic heterocycles. The lowest BCUT2D eigenvalue weighted by molar-refractivity contribution is -0.122. The second-order valence-corrected chi connectivity index (χ2v) is 11.0. The van der Waals surface area contributed by atoms with E-state index < -0.39 is 5.60 Å². The van der Waals surface area contributed by atoms with Gasteiger partial charge in [-0.1, -0.05) is 36.8 Å². The van der Waals surface area contributed by atoms with Gasteiger partial charge in [0.05, 0.1) is 23.8 Å². The Morgan fingerprint density at radius 1 is 1.14 bits per heavy atom. The van der Waals surface area contributed by atoms with E-state index in [1.807, 2.05) is 56.3 Å². The molecule has 2 heterocycles. The Morgan fingerprint density at radius 2 is 1.89 bits per heavy atom. The number of anilines is 1. The van der Waals surface area contributed by atoms with Crippen molar-refractivity contribution in [1.82, 2.24) is 9.55 Å². The quantitative estimate of drug-likeness (QED) is 0.482. The minimum Gasteiger partial charge on any atom is -0.452 e. The number of aliphatic hydroxyl groups is 1. The molecule has 1 amide bonds. The van der Waals surface area contributed by atoms with Crippen molar-refractivity contribution in [3.8, 4) is 0 Å². The minimum atomic E-state index is -1.22. The summed E-state index contributed by atoms with van der Waals surface area (Å²) in [6, 6.07) is 14.1. The largest absolute Gasteiger partial charge is 0.452 e. The molecule has 196 valence electrons. The van der Waals surface area contributed by atoms with E-state index in [4.69, 9.17) is 9.72 Å². The van der Waals surface area contributed by atoms with E-state index >= 15 is 0 Å². The van der Waals surface area contributed by atoms with E-state index in [1.165, 1.54) is 7.11 Å². The van der Waals surface area contributed by atoms with Crippen LogP contribution in [0, 0.1) is 5.92 Å². The lowest BCUT2D eigenvalue weighted by Gasteiger charge is -2.34. The first-order valence-electron chi connectivity index (χ1n) is 13.4. The third-order valence-electron chi connectivity index (χ3n) is 8.29. The van der Waals surface area contributed by atoms with E-state index in [1.54, 1.807) is 11.8 Å². The fraction of sp³-hybridized carbons (Fsp3) is 0.500. The molecule has 0 spiro atoms. The average Bonchev–Trinajstić information content (AvgIpc) is 3.29. The molecule has 1 aromatic heterocycles. The number of methoxy groups -OCH3 is 1. The van der Waals surface area contributed by atoms with Crippen molar-refractivity contribution in [3.63, 3.8) is 0 Å². The van der Waals surface area contributed by atoms with Crippen molar-refractivity contribution >= 4 is 28.6 Å². The summed E-state index contributed by atoms with van der Waals surface area (Å²) in [5, 5.41) is 11.9. The van der Waals surface area contributed by atoms with Crippen LogP contribution in [0.1, 0.15) is 75.9 Å². The maximum Gasteiger partial charge on any atom is 0.414 e. The van der Waals surface area contributed by atoms with Gasteiger partial charge in [-0.3, -0.25) is 9.69 Å². The van der Waals surface area contributed by atoms with Gasteiger partial charge in [-0.05, 0) is 70.6 Å². The van der Waals surface area contributed by atoms with Crippen LogP contribution < -0.4 is 4.90 Å². The normalized spacial score (nSPS) is 23.4. The number of ether oxygens (including phenoxy) is 1. The number of carbonyl (C=O) groups excluding carboxylic acids is 2. The van der Waals surface area contributed by atoms with Crippen molar-refractivity contribution in [1.29, 1.82) is 0 Å². The van der Waals surface area contributed by atoms with E-state index in [0.717, 1.165) is 66.4 Å². The van der Waals surface area contributed by atoms with Gasteiger partial charge in [-0.15, -0.1) is 0 Å². The molecule has 0 saturated heterocycles. The molecule has 1 saturated carbocycles. The summed E-state index contributed by atoms with van der Waals surface area (Å²) in [5.74, 6) is 0.875. The zero-order valence-corrected chi connectivity index (χ0v) is 22.2. The SMILES string of the molecule is COC(=O)N1c2ccc3c(nc([C@](C)(O)Cc4ccccc4)n3[C@@H]3CCC[C@@H](C(C)=O)C3)c2CC[C@@H]1C. The van der Waals surface area contributed by atoms with E-state index in [2.05, 4.69) is 4.57 Å². The van der Waals surface area contributed by atoms with Crippen LogP contribution in [-0.4, -0.2) is 39.7 Å². The number of aryl methyl sites for hydroxylation is 1. The highest BCUT2D eigenvalue weighted by Gasteiger charge is 2.38. The maximum atomic E-state index is 12.7. The number of ketones is 1. The number of hydrogen-bond donors (Lipinski definition) is 1. The van der Waals surface area contributed by atoms with E-state index in [-0.39, 0.29) is 29.9 Å². The summed E-state index contributed by atoms with van der Waals surface area (Å²) in [6.07, 6.45) is 5.21. The number of nitrogens with zero attached hydrogens (tertiary/aromatic N) is 3. The predicted molar refractivity (Wildman–Crippen MR) is 144 cm³/mol. The lowest BCUT2D eigenvalue weighted by Crippen LogP contribution is -2.42. The third kappa shape index (κ3) is 4.65. The summed E-state index contributed by atoms with van der Waals surface area (Å²) in [4.78, 5) is 31.8. The molecule has 5 rings (SSSR count). The second-order valence-electron chi connectivity index (χ2n) is 11.0. The molecule has 0 radical (unpaired) electrons. The van der Waals surface area contributed by atoms with Gasteiger partial charge in [0.15, 0.2) is 0 Å². The summed E-state index contributed by atoms with van der Waals surface area (Å²) < 4.78 is 7.30. The molecular formula is C30H37N3O4. The molecule has 7 nitrogen and oxygen atoms in total. The number of fused-ring (bicyclic) bond motifs is 3. The van der Waals surface area contributed by atoms with E-state index in [9.17, 15) is 14.7 Å². The molecule has 1 N–H and O–H groups in total. The highest BCUT2D eigenvalue weighted by atomic mass is 16.5. The molecule has 1 fully saturated rings. The number of rotatable bonds is 5. The third-order valence-corrected chi connectivity index (χ3v) is 8.29. The van der Waals surface area contributed by atoms with Crippen molar-refractivity contribution in [2.75, 3.05) is 12.0 Å². The van der Waals surface area contributed by atoms with Gasteiger partial charge in [0, 0.05) is 30.0 Å². The van der Waals surface area contributed by atoms with Gasteiger partial charge >= 0.3 is 6.09 Å². The number of Topliss-reactive ketones (excluding diaryl/α,β-unsaturated/α-hetero) is 1. The Balaban J connectivity index is 1.68. The van der Waals surface area contributed by atoms with Crippen molar-refractivity contribution in [2.45, 2.75) is 83.4 Å². The fourth-order valence-electron chi connectivity index (χ4n) is 6.36. The minimum absolute atomic E-state index is 0.0230. The predicted octanol–water partition coefficient (Wildman–Crippen LogP) is 5.71. The summed E-state index contributed by atoms with van der Waals surface area (Å²) in [6.45, 7) is 5.55. The van der Waals surface area contributed by atoms with E-state index in [0.29, 0.717) is 12.2 Å². The molecule has 0 bridgehead atoms. The van der Waals surface area contributed by atoms with Crippen LogP contribution in [0.5, 0.6) is 0 Å². The number of carbonyl (C=O) groups is 2. The molecule has 0 unspecified atom stereocenters. The van der Waals surface area contributed by atoms with Crippen molar-refractivity contribution in [3.05, 3.63) is 59.4 Å². The van der Waals surface area contributed by atoms with Gasteiger partial charge in [-0.25, -0.2) is 9.78 Å². The number of amides is 1. The molecule has 3 aromatic rings. The topological polar surface area (TPSA) is 84.7 Å². The smallest absolute Gasteiger partial charge is 0.414 e. The van der Waals surface area contributed by atoms with Crippen LogP contribution in [0.15, 0.2) is 42.5 Å². The Hall–Kier alpha value is -3.19. The monoisotopic (exact) mass is 503 g/mol. The van der Waals surface area contributed by atoms with Crippen LogP contribution in [-0.2, 0) is 28.0 Å². The molecule has 1 aliphatic carbocycles. The highest BCUT2D eigenvalue weighted by molar-refractivity contribution is 5.95. The molecule has 2 aliphatic rings. The molecule has 4 atom stereocenters. The second kappa shape index (κ2) is 9.93. The standard InChI is InChI=1S/C30H37N3O4/c1-19-13-14-24-25(32(19)29(35)37-4)15-16-26-27(24)31-28(30(3,36)18-21-9-6-5-7-10-21)33(26)23-12-8-11-22(17-23)20(2)34/h5-7,9-10,15-16,19,22-23,36H,8,11-14,17-18H2,1-4H3/t19-,22+,23+,30+/m0/s1. The van der Waals surface area contributed by atoms with Gasteiger partial charge in [0.1, 0.15) is 17.2 Å². The number of imidazole rings is 1. The zero-order valence-electron chi connectivity index (χ0n) is 22.2. The lowest BCUT2D eigenvalue weighted by atomic mass is 9.83. The zero-order chi connectivity index (χ0) is 26.3. The highest BCUT2D eigenvalue weighted by Crippen LogP contribution is 2.42. The Bertz CT molecular complexity index is 1310. The fourth-order valence-corrected chi connectivity index (χ4v) is 6.36. The summed E-state index contributed by atoms with van der Waals surface area (Å²) in [5.41, 5.74) is 3.42. The Kier molecular flexibility index (Phi) is 6.84. The Morgan fingerprint density at radius 3 is 2.59 bits per heavy atom. The first kappa shape index (κ1) is 25.5. The van der Waals surface area contributed by atoms with Crippen LogP contribution >= 0.6 is 0 Å². The van der Waals surface area contributed by atoms with Gasteiger partial charge < -0.3 is 14.4 Å². The van der Waals surface area contributed by atoms with Crippen LogP contribution in [0.3, 0.4) is 0 Å². The molecular weight excluding hydrogens is 466 g/mol.